The molecule has 3 atom stereocenters. The Morgan fingerprint density at radius 2 is 2.00 bits per heavy atom. The summed E-state index contributed by atoms with van der Waals surface area (Å²) < 4.78 is 6.32. The summed E-state index contributed by atoms with van der Waals surface area (Å²) in [5.41, 5.74) is 5.06. The zero-order valence-electron chi connectivity index (χ0n) is 24.2. The van der Waals surface area contributed by atoms with Crippen LogP contribution in [0.1, 0.15) is 55.7 Å². The predicted octanol–water partition coefficient (Wildman–Crippen LogP) is 5.42. The molecule has 0 fully saturated rings. The van der Waals surface area contributed by atoms with Crippen LogP contribution in [0.3, 0.4) is 0 Å². The topological polar surface area (TPSA) is 77.4 Å². The number of ketones is 1. The fourth-order valence-corrected chi connectivity index (χ4v) is 5.58. The fraction of sp³-hybridized carbons (Fsp3) is 0.515. The third-order valence-corrected chi connectivity index (χ3v) is 7.72. The third-order valence-electron chi connectivity index (χ3n) is 7.72. The minimum absolute atomic E-state index is 0.305. The highest BCUT2D eigenvalue weighted by molar-refractivity contribution is 5.95. The highest BCUT2D eigenvalue weighted by Gasteiger charge is 2.26. The second-order valence-electron chi connectivity index (χ2n) is 10.8. The molecule has 0 aliphatic heterocycles. The van der Waals surface area contributed by atoms with E-state index in [1.165, 1.54) is 11.1 Å². The van der Waals surface area contributed by atoms with Crippen LogP contribution in [0.4, 0.5) is 0 Å². The lowest BCUT2D eigenvalue weighted by molar-refractivity contribution is -0.117. The minimum Gasteiger partial charge on any atom is -0.489 e. The van der Waals surface area contributed by atoms with Crippen LogP contribution in [0.5, 0.6) is 5.75 Å². The maximum Gasteiger partial charge on any atom is 0.236 e. The first-order valence-electron chi connectivity index (χ1n) is 14.4. The Labute approximate surface area is 235 Å². The van der Waals surface area contributed by atoms with Crippen molar-refractivity contribution in [2.45, 2.75) is 65.1 Å². The van der Waals surface area contributed by atoms with Crippen molar-refractivity contribution in [2.75, 3.05) is 33.7 Å². The maximum atomic E-state index is 12.3. The minimum atomic E-state index is -0.340. The molecule has 210 valence electrons. The van der Waals surface area contributed by atoms with Crippen LogP contribution in [0.2, 0.25) is 0 Å². The number of aryl methyl sites for hydroxylation is 1. The van der Waals surface area contributed by atoms with Gasteiger partial charge in [-0.25, -0.2) is 0 Å². The van der Waals surface area contributed by atoms with E-state index in [9.17, 15) is 10.1 Å². The van der Waals surface area contributed by atoms with Crippen molar-refractivity contribution in [2.24, 2.45) is 11.8 Å². The SMILES string of the molecule is CCCC1=CC(NC)CCC1CN(CCC(CNC)C(=O)C#N)Cc1ccccc1OCc1cccc(C)c1. The molecule has 39 heavy (non-hydrogen) atoms. The number of hydrogen-bond donors (Lipinski definition) is 2. The van der Waals surface area contributed by atoms with Gasteiger partial charge in [0.2, 0.25) is 5.78 Å². The lowest BCUT2D eigenvalue weighted by Gasteiger charge is -2.34. The van der Waals surface area contributed by atoms with Crippen molar-refractivity contribution in [3.8, 4) is 11.8 Å². The summed E-state index contributed by atoms with van der Waals surface area (Å²) in [7, 11) is 3.87. The van der Waals surface area contributed by atoms with Gasteiger partial charge in [0, 0.05) is 37.2 Å². The van der Waals surface area contributed by atoms with Crippen LogP contribution in [-0.2, 0) is 17.9 Å². The molecule has 3 rings (SSSR count). The molecule has 6 heteroatoms. The van der Waals surface area contributed by atoms with Gasteiger partial charge in [0.05, 0.1) is 0 Å². The molecular weight excluding hydrogens is 484 g/mol. The summed E-state index contributed by atoms with van der Waals surface area (Å²) in [6, 6.07) is 19.0. The van der Waals surface area contributed by atoms with Crippen molar-refractivity contribution in [3.05, 3.63) is 76.9 Å². The zero-order valence-corrected chi connectivity index (χ0v) is 24.2. The Morgan fingerprint density at radius 1 is 1.18 bits per heavy atom. The van der Waals surface area contributed by atoms with Gasteiger partial charge in [-0.15, -0.1) is 0 Å². The van der Waals surface area contributed by atoms with E-state index >= 15 is 0 Å². The third kappa shape index (κ3) is 9.61. The molecule has 1 aliphatic rings. The average molecular weight is 531 g/mol. The summed E-state index contributed by atoms with van der Waals surface area (Å²) in [5.74, 6) is 0.740. The average Bonchev–Trinajstić information content (AvgIpc) is 2.95. The van der Waals surface area contributed by atoms with Crippen LogP contribution >= 0.6 is 0 Å². The van der Waals surface area contributed by atoms with E-state index in [0.29, 0.717) is 31.5 Å². The van der Waals surface area contributed by atoms with Crippen LogP contribution in [0, 0.1) is 30.1 Å². The summed E-state index contributed by atoms with van der Waals surface area (Å²) in [4.78, 5) is 14.8. The van der Waals surface area contributed by atoms with Gasteiger partial charge in [-0.05, 0) is 70.8 Å². The molecule has 0 radical (unpaired) electrons. The number of nitrogens with zero attached hydrogens (tertiary/aromatic N) is 2. The van der Waals surface area contributed by atoms with E-state index in [1.54, 1.807) is 0 Å². The van der Waals surface area contributed by atoms with E-state index < -0.39 is 0 Å². The molecule has 0 amide bonds. The van der Waals surface area contributed by atoms with E-state index in [-0.39, 0.29) is 11.7 Å². The van der Waals surface area contributed by atoms with Gasteiger partial charge >= 0.3 is 0 Å². The van der Waals surface area contributed by atoms with Crippen LogP contribution < -0.4 is 15.4 Å². The predicted molar refractivity (Wildman–Crippen MR) is 158 cm³/mol. The Balaban J connectivity index is 1.80. The van der Waals surface area contributed by atoms with Crippen LogP contribution in [-0.4, -0.2) is 50.5 Å². The molecule has 0 saturated carbocycles. The molecule has 2 aromatic carbocycles. The van der Waals surface area contributed by atoms with E-state index in [2.05, 4.69) is 71.9 Å². The first kappa shape index (κ1) is 30.6. The van der Waals surface area contributed by atoms with Crippen molar-refractivity contribution in [1.82, 2.24) is 15.5 Å². The number of carbonyl (C=O) groups excluding carboxylic acids is 1. The molecular formula is C33H46N4O2. The number of likely N-dealkylation sites (N-methyl/N-ethyl adjacent to an activating group) is 1. The van der Waals surface area contributed by atoms with E-state index in [1.807, 2.05) is 32.3 Å². The van der Waals surface area contributed by atoms with Gasteiger partial charge in [-0.3, -0.25) is 9.69 Å². The Kier molecular flexibility index (Phi) is 12.7. The number of hydrogen-bond acceptors (Lipinski definition) is 6. The number of nitriles is 1. The molecule has 3 unspecified atom stereocenters. The number of nitrogens with one attached hydrogen (secondary N) is 2. The number of ether oxygens (including phenoxy) is 1. The Morgan fingerprint density at radius 3 is 2.72 bits per heavy atom. The monoisotopic (exact) mass is 530 g/mol. The van der Waals surface area contributed by atoms with Crippen molar-refractivity contribution in [3.63, 3.8) is 0 Å². The first-order valence-corrected chi connectivity index (χ1v) is 14.4. The molecule has 2 aromatic rings. The Bertz CT molecular complexity index is 1120. The molecule has 2 N–H and O–H groups in total. The van der Waals surface area contributed by atoms with Crippen molar-refractivity contribution >= 4 is 5.78 Å². The summed E-state index contributed by atoms with van der Waals surface area (Å²) in [6.07, 6.45) is 7.62. The normalized spacial score (nSPS) is 17.9. The van der Waals surface area contributed by atoms with E-state index in [4.69, 9.17) is 4.74 Å². The highest BCUT2D eigenvalue weighted by Crippen LogP contribution is 2.31. The van der Waals surface area contributed by atoms with Gasteiger partial charge in [0.25, 0.3) is 0 Å². The maximum absolute atomic E-state index is 12.3. The van der Waals surface area contributed by atoms with Gasteiger partial charge in [0.1, 0.15) is 18.4 Å². The standard InChI is InChI=1S/C33H46N4O2/c1-5-9-27-19-31(36-4)15-14-29(27)22-37(17-16-28(21-35-3)32(38)20-34)23-30-12-6-7-13-33(30)39-24-26-11-8-10-25(2)18-26/h6-8,10-13,18-19,28-29,31,35-36H,5,9,14-17,21-24H2,1-4H3. The van der Waals surface area contributed by atoms with Gasteiger partial charge < -0.3 is 15.4 Å². The van der Waals surface area contributed by atoms with Gasteiger partial charge in [-0.2, -0.15) is 5.26 Å². The number of carbonyl (C=O) groups is 1. The quantitative estimate of drug-likeness (QED) is 0.223. The lowest BCUT2D eigenvalue weighted by atomic mass is 9.82. The van der Waals surface area contributed by atoms with Crippen molar-refractivity contribution < 1.29 is 9.53 Å². The second-order valence-corrected chi connectivity index (χ2v) is 10.8. The van der Waals surface area contributed by atoms with E-state index in [0.717, 1.165) is 62.2 Å². The van der Waals surface area contributed by atoms with Crippen LogP contribution in [0.15, 0.2) is 60.2 Å². The highest BCUT2D eigenvalue weighted by atomic mass is 16.5. The zero-order chi connectivity index (χ0) is 28.0. The largest absolute Gasteiger partial charge is 0.489 e. The molecule has 0 aromatic heterocycles. The summed E-state index contributed by atoms with van der Waals surface area (Å²) >= 11 is 0. The smallest absolute Gasteiger partial charge is 0.236 e. The number of benzene rings is 2. The first-order chi connectivity index (χ1) is 19.0. The summed E-state index contributed by atoms with van der Waals surface area (Å²) in [6.45, 7) is 7.80. The summed E-state index contributed by atoms with van der Waals surface area (Å²) in [5, 5.41) is 15.8. The van der Waals surface area contributed by atoms with Crippen molar-refractivity contribution in [1.29, 1.82) is 5.26 Å². The molecule has 0 heterocycles. The number of Topliss-reactive ketones (excluding diaryl/α,β-unsaturated/α-hetero) is 1. The second kappa shape index (κ2) is 16.2. The fourth-order valence-electron chi connectivity index (χ4n) is 5.58. The molecule has 1 aliphatic carbocycles. The lowest BCUT2D eigenvalue weighted by Crippen LogP contribution is -2.37. The van der Waals surface area contributed by atoms with Crippen LogP contribution in [0.25, 0.3) is 0 Å². The Hall–Kier alpha value is -2.98. The number of para-hydroxylation sites is 1. The number of rotatable bonds is 16. The molecule has 6 nitrogen and oxygen atoms in total. The molecule has 0 spiro atoms. The molecule has 0 bridgehead atoms. The molecule has 0 saturated heterocycles. The van der Waals surface area contributed by atoms with Gasteiger partial charge in [0.15, 0.2) is 0 Å². The van der Waals surface area contributed by atoms with Gasteiger partial charge in [-0.1, -0.05) is 73.0 Å².